The number of nitrogens with zero attached hydrogens (tertiary/aromatic N) is 2. The van der Waals surface area contributed by atoms with Gasteiger partial charge in [-0.2, -0.15) is 0 Å². The minimum atomic E-state index is -0.149. The highest BCUT2D eigenvalue weighted by molar-refractivity contribution is 6.08. The first kappa shape index (κ1) is 19.5. The summed E-state index contributed by atoms with van der Waals surface area (Å²) >= 11 is 0. The molecule has 2 amide bonds. The number of hydrogen-bond donors (Lipinski definition) is 1. The van der Waals surface area contributed by atoms with Crippen molar-refractivity contribution in [1.82, 2.24) is 4.90 Å². The molecular weight excluding hydrogens is 362 g/mol. The lowest BCUT2D eigenvalue weighted by Gasteiger charge is -2.44. The highest BCUT2D eigenvalue weighted by Gasteiger charge is 2.37. The zero-order valence-corrected chi connectivity index (χ0v) is 17.3. The Morgan fingerprint density at radius 3 is 2.59 bits per heavy atom. The molecule has 0 aliphatic carbocycles. The van der Waals surface area contributed by atoms with Gasteiger partial charge in [-0.15, -0.1) is 0 Å². The number of amides is 2. The van der Waals surface area contributed by atoms with Crippen molar-refractivity contribution in [3.8, 4) is 0 Å². The number of benzene rings is 2. The van der Waals surface area contributed by atoms with Gasteiger partial charge in [0, 0.05) is 24.3 Å². The maximum atomic E-state index is 13.1. The van der Waals surface area contributed by atoms with Crippen LogP contribution in [0.3, 0.4) is 0 Å². The van der Waals surface area contributed by atoms with Crippen LogP contribution in [-0.4, -0.2) is 36.0 Å². The van der Waals surface area contributed by atoms with Gasteiger partial charge in [0.05, 0.1) is 11.3 Å². The molecule has 2 heterocycles. The van der Waals surface area contributed by atoms with E-state index in [4.69, 9.17) is 0 Å². The Balaban J connectivity index is 1.62. The number of aryl methyl sites for hydroxylation is 1. The van der Waals surface area contributed by atoms with Crippen molar-refractivity contribution >= 4 is 23.2 Å². The molecule has 5 nitrogen and oxygen atoms in total. The van der Waals surface area contributed by atoms with E-state index in [1.807, 2.05) is 41.3 Å². The SMILES string of the molecule is CCc1ccc(NC(=O)c2ccc3c(c2)N(CC)[C@H]2CCCCCN2C3=O)cc1. The Bertz CT molecular complexity index is 907. The number of rotatable bonds is 4. The van der Waals surface area contributed by atoms with Crippen LogP contribution in [0.25, 0.3) is 0 Å². The van der Waals surface area contributed by atoms with Gasteiger partial charge in [-0.05, 0) is 68.5 Å². The van der Waals surface area contributed by atoms with Gasteiger partial charge in [-0.3, -0.25) is 9.59 Å². The van der Waals surface area contributed by atoms with Crippen LogP contribution in [0.4, 0.5) is 11.4 Å². The fraction of sp³-hybridized carbons (Fsp3) is 0.417. The van der Waals surface area contributed by atoms with Crippen molar-refractivity contribution in [3.63, 3.8) is 0 Å². The van der Waals surface area contributed by atoms with Crippen LogP contribution in [-0.2, 0) is 6.42 Å². The maximum Gasteiger partial charge on any atom is 0.257 e. The van der Waals surface area contributed by atoms with E-state index in [9.17, 15) is 9.59 Å². The van der Waals surface area contributed by atoms with Crippen LogP contribution >= 0.6 is 0 Å². The Morgan fingerprint density at radius 2 is 1.86 bits per heavy atom. The first-order valence-electron chi connectivity index (χ1n) is 10.7. The fourth-order valence-electron chi connectivity index (χ4n) is 4.47. The highest BCUT2D eigenvalue weighted by Crippen LogP contribution is 2.35. The van der Waals surface area contributed by atoms with Crippen molar-refractivity contribution in [2.45, 2.75) is 52.1 Å². The van der Waals surface area contributed by atoms with Gasteiger partial charge in [0.15, 0.2) is 0 Å². The standard InChI is InChI=1S/C24H29N3O2/c1-3-17-9-12-19(13-10-17)25-23(28)18-11-14-20-21(16-18)26(4-2)22-8-6-5-7-15-27(22)24(20)29/h9-14,16,22H,3-8,15H2,1-2H3,(H,25,28)/t22-/m1/s1. The van der Waals surface area contributed by atoms with Crippen LogP contribution in [0.1, 0.15) is 65.8 Å². The van der Waals surface area contributed by atoms with E-state index in [-0.39, 0.29) is 18.0 Å². The molecule has 1 saturated heterocycles. The normalized spacial score (nSPS) is 18.7. The summed E-state index contributed by atoms with van der Waals surface area (Å²) in [6.07, 6.45) is 5.42. The third-order valence-corrected chi connectivity index (χ3v) is 6.10. The Morgan fingerprint density at radius 1 is 1.07 bits per heavy atom. The fourth-order valence-corrected chi connectivity index (χ4v) is 4.47. The van der Waals surface area contributed by atoms with Crippen molar-refractivity contribution in [2.75, 3.05) is 23.3 Å². The van der Waals surface area contributed by atoms with Gasteiger partial charge >= 0.3 is 0 Å². The number of hydrogen-bond acceptors (Lipinski definition) is 3. The Kier molecular flexibility index (Phi) is 5.56. The molecule has 0 aromatic heterocycles. The topological polar surface area (TPSA) is 52.7 Å². The van der Waals surface area contributed by atoms with E-state index in [1.54, 1.807) is 6.07 Å². The smallest absolute Gasteiger partial charge is 0.257 e. The lowest BCUT2D eigenvalue weighted by molar-refractivity contribution is 0.0656. The molecule has 0 unspecified atom stereocenters. The third-order valence-electron chi connectivity index (χ3n) is 6.10. The first-order chi connectivity index (χ1) is 14.1. The van der Waals surface area contributed by atoms with E-state index in [1.165, 1.54) is 12.0 Å². The van der Waals surface area contributed by atoms with Crippen LogP contribution in [0.15, 0.2) is 42.5 Å². The number of carbonyl (C=O) groups excluding carboxylic acids is 2. The molecule has 0 saturated carbocycles. The zero-order chi connectivity index (χ0) is 20.4. The summed E-state index contributed by atoms with van der Waals surface area (Å²) in [6, 6.07) is 13.4. The molecule has 0 radical (unpaired) electrons. The first-order valence-corrected chi connectivity index (χ1v) is 10.7. The van der Waals surface area contributed by atoms with E-state index in [0.717, 1.165) is 50.1 Å². The van der Waals surface area contributed by atoms with Gasteiger partial charge in [0.2, 0.25) is 0 Å². The summed E-state index contributed by atoms with van der Waals surface area (Å²) in [6.45, 7) is 5.85. The quantitative estimate of drug-likeness (QED) is 0.823. The van der Waals surface area contributed by atoms with Crippen LogP contribution in [0.2, 0.25) is 0 Å². The molecule has 2 aromatic carbocycles. The molecule has 0 spiro atoms. The van der Waals surface area contributed by atoms with Crippen LogP contribution in [0, 0.1) is 0 Å². The summed E-state index contributed by atoms with van der Waals surface area (Å²) in [5.74, 6) is -0.0532. The lowest BCUT2D eigenvalue weighted by atomic mass is 10.0. The predicted molar refractivity (Wildman–Crippen MR) is 117 cm³/mol. The van der Waals surface area contributed by atoms with Gasteiger partial charge < -0.3 is 15.1 Å². The highest BCUT2D eigenvalue weighted by atomic mass is 16.2. The minimum Gasteiger partial charge on any atom is -0.351 e. The third kappa shape index (κ3) is 3.74. The zero-order valence-electron chi connectivity index (χ0n) is 17.3. The molecule has 2 aliphatic rings. The average molecular weight is 392 g/mol. The van der Waals surface area contributed by atoms with Gasteiger partial charge in [0.1, 0.15) is 6.17 Å². The second kappa shape index (κ2) is 8.27. The molecule has 29 heavy (non-hydrogen) atoms. The summed E-state index contributed by atoms with van der Waals surface area (Å²) in [7, 11) is 0. The number of nitrogens with one attached hydrogen (secondary N) is 1. The monoisotopic (exact) mass is 391 g/mol. The summed E-state index contributed by atoms with van der Waals surface area (Å²) < 4.78 is 0. The number of fused-ring (bicyclic) bond motifs is 2. The second-order valence-electron chi connectivity index (χ2n) is 7.85. The molecule has 0 bridgehead atoms. The van der Waals surface area contributed by atoms with E-state index >= 15 is 0 Å². The molecule has 1 N–H and O–H groups in total. The minimum absolute atomic E-state index is 0.0960. The number of anilines is 2. The lowest BCUT2D eigenvalue weighted by Crippen LogP contribution is -2.55. The summed E-state index contributed by atoms with van der Waals surface area (Å²) in [4.78, 5) is 30.2. The van der Waals surface area contributed by atoms with Gasteiger partial charge in [-0.25, -0.2) is 0 Å². The summed E-state index contributed by atoms with van der Waals surface area (Å²) in [5.41, 5.74) is 4.19. The molecule has 5 heteroatoms. The second-order valence-corrected chi connectivity index (χ2v) is 7.85. The van der Waals surface area contributed by atoms with Crippen molar-refractivity contribution < 1.29 is 9.59 Å². The summed E-state index contributed by atoms with van der Waals surface area (Å²) in [5, 5.41) is 2.97. The van der Waals surface area contributed by atoms with Gasteiger partial charge in [0.25, 0.3) is 11.8 Å². The van der Waals surface area contributed by atoms with Crippen molar-refractivity contribution in [3.05, 3.63) is 59.2 Å². The van der Waals surface area contributed by atoms with E-state index in [2.05, 4.69) is 24.1 Å². The molecular formula is C24H29N3O2. The van der Waals surface area contributed by atoms with E-state index in [0.29, 0.717) is 11.1 Å². The molecule has 4 rings (SSSR count). The Hall–Kier alpha value is -2.82. The molecule has 1 atom stereocenters. The molecule has 2 aromatic rings. The largest absolute Gasteiger partial charge is 0.351 e. The van der Waals surface area contributed by atoms with Crippen LogP contribution < -0.4 is 10.2 Å². The molecule has 152 valence electrons. The predicted octanol–water partition coefficient (Wildman–Crippen LogP) is 4.68. The molecule has 1 fully saturated rings. The van der Waals surface area contributed by atoms with Crippen molar-refractivity contribution in [1.29, 1.82) is 0 Å². The average Bonchev–Trinajstić information content (AvgIpc) is 3.01. The maximum absolute atomic E-state index is 13.1. The number of carbonyl (C=O) groups is 2. The molecule has 2 aliphatic heterocycles. The Labute approximate surface area is 172 Å². The van der Waals surface area contributed by atoms with Crippen molar-refractivity contribution in [2.24, 2.45) is 0 Å². The van der Waals surface area contributed by atoms with Crippen LogP contribution in [0.5, 0.6) is 0 Å². The van der Waals surface area contributed by atoms with E-state index < -0.39 is 0 Å². The van der Waals surface area contributed by atoms with Gasteiger partial charge in [-0.1, -0.05) is 25.5 Å².